The number of benzene rings is 2. The third kappa shape index (κ3) is 4.77. The first-order valence-corrected chi connectivity index (χ1v) is 9.50. The van der Waals surface area contributed by atoms with Gasteiger partial charge in [0.2, 0.25) is 0 Å². The summed E-state index contributed by atoms with van der Waals surface area (Å²) in [4.78, 5) is 28.9. The maximum absolute atomic E-state index is 12.3. The normalized spacial score (nSPS) is 11.4. The summed E-state index contributed by atoms with van der Waals surface area (Å²) in [5, 5.41) is 0. The van der Waals surface area contributed by atoms with Gasteiger partial charge in [-0.05, 0) is 37.3 Å². The van der Waals surface area contributed by atoms with E-state index in [1.54, 1.807) is 36.8 Å². The molecule has 1 amide bonds. The van der Waals surface area contributed by atoms with E-state index < -0.39 is 11.9 Å². The number of esters is 1. The molecule has 8 heteroatoms. The molecule has 0 fully saturated rings. The van der Waals surface area contributed by atoms with Gasteiger partial charge in [-0.25, -0.2) is 0 Å². The van der Waals surface area contributed by atoms with Crippen molar-refractivity contribution in [2.75, 3.05) is 20.3 Å². The number of hydrogen-bond donors (Lipinski definition) is 0. The number of aromatic nitrogens is 1. The third-order valence-electron chi connectivity index (χ3n) is 3.81. The van der Waals surface area contributed by atoms with Crippen LogP contribution in [0.1, 0.15) is 6.92 Å². The van der Waals surface area contributed by atoms with Crippen molar-refractivity contribution in [2.24, 2.45) is 4.99 Å². The largest absolute Gasteiger partial charge is 0.497 e. The molecule has 28 heavy (non-hydrogen) atoms. The summed E-state index contributed by atoms with van der Waals surface area (Å²) in [7, 11) is 1.58. The number of methoxy groups -OCH3 is 1. The van der Waals surface area contributed by atoms with Crippen LogP contribution < -0.4 is 14.3 Å². The minimum atomic E-state index is -0.444. The lowest BCUT2D eigenvalue weighted by molar-refractivity contribution is -0.143. The molecule has 1 heterocycles. The second-order valence-corrected chi connectivity index (χ2v) is 6.73. The topological polar surface area (TPSA) is 79.1 Å². The monoisotopic (exact) mass is 400 g/mol. The molecule has 0 atom stereocenters. The zero-order chi connectivity index (χ0) is 19.9. The molecule has 3 aromatic rings. The van der Waals surface area contributed by atoms with Crippen molar-refractivity contribution < 1.29 is 23.8 Å². The van der Waals surface area contributed by atoms with Crippen LogP contribution in [0, 0.1) is 0 Å². The van der Waals surface area contributed by atoms with Gasteiger partial charge in [0.1, 0.15) is 18.0 Å². The number of amides is 1. The Kier molecular flexibility index (Phi) is 6.44. The van der Waals surface area contributed by atoms with Crippen molar-refractivity contribution in [1.29, 1.82) is 0 Å². The highest BCUT2D eigenvalue weighted by atomic mass is 32.1. The molecular weight excluding hydrogens is 380 g/mol. The van der Waals surface area contributed by atoms with Gasteiger partial charge in [-0.15, -0.1) is 0 Å². The van der Waals surface area contributed by atoms with Gasteiger partial charge < -0.3 is 18.8 Å². The SMILES string of the molecule is CCOC(=O)Cn1c(=NC(=O)COc2ccccc2)sc2cc(OC)ccc21. The number of rotatable bonds is 7. The first-order chi connectivity index (χ1) is 13.6. The highest BCUT2D eigenvalue weighted by Gasteiger charge is 2.13. The van der Waals surface area contributed by atoms with E-state index >= 15 is 0 Å². The molecule has 0 N–H and O–H groups in total. The predicted molar refractivity (Wildman–Crippen MR) is 106 cm³/mol. The Morgan fingerprint density at radius 1 is 1.11 bits per heavy atom. The fourth-order valence-corrected chi connectivity index (χ4v) is 3.63. The van der Waals surface area contributed by atoms with Crippen LogP contribution >= 0.6 is 11.3 Å². The van der Waals surface area contributed by atoms with E-state index in [-0.39, 0.29) is 19.8 Å². The number of para-hydroxylation sites is 1. The molecule has 146 valence electrons. The van der Waals surface area contributed by atoms with E-state index in [9.17, 15) is 9.59 Å². The quantitative estimate of drug-likeness (QED) is 0.570. The summed E-state index contributed by atoms with van der Waals surface area (Å²) < 4.78 is 18.3. The van der Waals surface area contributed by atoms with E-state index in [4.69, 9.17) is 14.2 Å². The Morgan fingerprint density at radius 3 is 2.61 bits per heavy atom. The number of thiazole rings is 1. The fourth-order valence-electron chi connectivity index (χ4n) is 2.56. The Morgan fingerprint density at radius 2 is 1.89 bits per heavy atom. The lowest BCUT2D eigenvalue weighted by atomic mass is 10.3. The maximum atomic E-state index is 12.3. The van der Waals surface area contributed by atoms with Gasteiger partial charge in [-0.2, -0.15) is 4.99 Å². The number of nitrogens with zero attached hydrogens (tertiary/aromatic N) is 2. The molecule has 0 unspecified atom stereocenters. The summed E-state index contributed by atoms with van der Waals surface area (Å²) in [6.07, 6.45) is 0. The van der Waals surface area contributed by atoms with Crippen LogP contribution in [0.25, 0.3) is 10.2 Å². The minimum absolute atomic E-state index is 0.0359. The van der Waals surface area contributed by atoms with Crippen LogP contribution in [0.15, 0.2) is 53.5 Å². The van der Waals surface area contributed by atoms with Gasteiger partial charge in [0.05, 0.1) is 23.9 Å². The molecule has 0 spiro atoms. The van der Waals surface area contributed by atoms with Gasteiger partial charge in [-0.1, -0.05) is 29.5 Å². The van der Waals surface area contributed by atoms with Crippen molar-refractivity contribution in [3.63, 3.8) is 0 Å². The van der Waals surface area contributed by atoms with E-state index in [2.05, 4.69) is 4.99 Å². The predicted octanol–water partition coefficient (Wildman–Crippen LogP) is 2.78. The van der Waals surface area contributed by atoms with Gasteiger partial charge in [-0.3, -0.25) is 9.59 Å². The number of hydrogen-bond acceptors (Lipinski definition) is 6. The number of carbonyl (C=O) groups is 2. The van der Waals surface area contributed by atoms with Gasteiger partial charge >= 0.3 is 5.97 Å². The zero-order valence-corrected chi connectivity index (χ0v) is 16.4. The maximum Gasteiger partial charge on any atom is 0.326 e. The third-order valence-corrected chi connectivity index (χ3v) is 4.85. The standard InChI is InChI=1S/C20H20N2O5S/c1-3-26-19(24)12-22-16-10-9-15(25-2)11-17(16)28-20(22)21-18(23)13-27-14-7-5-4-6-8-14/h4-11H,3,12-13H2,1-2H3. The summed E-state index contributed by atoms with van der Waals surface area (Å²) in [5.74, 6) is 0.432. The van der Waals surface area contributed by atoms with Crippen molar-refractivity contribution in [2.45, 2.75) is 13.5 Å². The average Bonchev–Trinajstić information content (AvgIpc) is 3.03. The van der Waals surface area contributed by atoms with E-state index in [1.807, 2.05) is 30.3 Å². The lowest BCUT2D eigenvalue weighted by Gasteiger charge is -2.06. The second-order valence-electron chi connectivity index (χ2n) is 5.72. The number of ether oxygens (including phenoxy) is 3. The summed E-state index contributed by atoms with van der Waals surface area (Å²) in [6, 6.07) is 14.5. The fraction of sp³-hybridized carbons (Fsp3) is 0.250. The van der Waals surface area contributed by atoms with E-state index in [0.29, 0.717) is 16.3 Å². The van der Waals surface area contributed by atoms with E-state index in [0.717, 1.165) is 10.2 Å². The van der Waals surface area contributed by atoms with Gasteiger partial charge in [0.25, 0.3) is 5.91 Å². The van der Waals surface area contributed by atoms with E-state index in [1.165, 1.54) is 11.3 Å². The van der Waals surface area contributed by atoms with Crippen LogP contribution in [-0.2, 0) is 20.9 Å². The molecule has 0 radical (unpaired) electrons. The Balaban J connectivity index is 1.91. The van der Waals surface area contributed by atoms with Crippen LogP contribution in [0.3, 0.4) is 0 Å². The first-order valence-electron chi connectivity index (χ1n) is 8.69. The minimum Gasteiger partial charge on any atom is -0.497 e. The van der Waals surface area contributed by atoms with Crippen LogP contribution in [0.2, 0.25) is 0 Å². The summed E-state index contributed by atoms with van der Waals surface area (Å²) in [6.45, 7) is 1.80. The molecule has 1 aromatic heterocycles. The van der Waals surface area contributed by atoms with Crippen LogP contribution in [-0.4, -0.2) is 36.8 Å². The van der Waals surface area contributed by atoms with Gasteiger partial charge in [0.15, 0.2) is 11.4 Å². The Labute approximate surface area is 165 Å². The van der Waals surface area contributed by atoms with Crippen molar-refractivity contribution in [3.05, 3.63) is 53.3 Å². The zero-order valence-electron chi connectivity index (χ0n) is 15.6. The Hall–Kier alpha value is -3.13. The van der Waals surface area contributed by atoms with Crippen molar-refractivity contribution in [1.82, 2.24) is 4.57 Å². The van der Waals surface area contributed by atoms with Crippen LogP contribution in [0.4, 0.5) is 0 Å². The number of fused-ring (bicyclic) bond motifs is 1. The molecule has 0 saturated carbocycles. The lowest BCUT2D eigenvalue weighted by Crippen LogP contribution is -2.24. The second kappa shape index (κ2) is 9.18. The molecule has 0 bridgehead atoms. The first kappa shape index (κ1) is 19.6. The molecular formula is C20H20N2O5S. The highest BCUT2D eigenvalue weighted by molar-refractivity contribution is 7.16. The average molecular weight is 400 g/mol. The summed E-state index contributed by atoms with van der Waals surface area (Å²) in [5.41, 5.74) is 0.773. The van der Waals surface area contributed by atoms with Crippen molar-refractivity contribution in [3.8, 4) is 11.5 Å². The highest BCUT2D eigenvalue weighted by Crippen LogP contribution is 2.23. The Bertz CT molecular complexity index is 1040. The molecule has 3 rings (SSSR count). The molecule has 2 aromatic carbocycles. The number of carbonyl (C=O) groups excluding carboxylic acids is 2. The summed E-state index contributed by atoms with van der Waals surface area (Å²) >= 11 is 1.30. The smallest absolute Gasteiger partial charge is 0.326 e. The van der Waals surface area contributed by atoms with Crippen molar-refractivity contribution >= 4 is 33.4 Å². The van der Waals surface area contributed by atoms with Gasteiger partial charge in [0, 0.05) is 0 Å². The molecule has 0 aliphatic carbocycles. The molecule has 7 nitrogen and oxygen atoms in total. The molecule has 0 saturated heterocycles. The molecule has 0 aliphatic heterocycles. The molecule has 0 aliphatic rings. The van der Waals surface area contributed by atoms with Crippen LogP contribution in [0.5, 0.6) is 11.5 Å².